The monoisotopic (exact) mass is 285 g/mol. The van der Waals surface area contributed by atoms with Gasteiger partial charge in [-0.1, -0.05) is 0 Å². The van der Waals surface area contributed by atoms with Crippen LogP contribution in [0.2, 0.25) is 0 Å². The second-order valence-electron chi connectivity index (χ2n) is 3.50. The molecule has 11 heteroatoms. The van der Waals surface area contributed by atoms with Crippen LogP contribution in [0.4, 0.5) is 5.82 Å². The summed E-state index contributed by atoms with van der Waals surface area (Å²) >= 11 is 0. The van der Waals surface area contributed by atoms with E-state index in [-0.39, 0.29) is 48.5 Å². The Morgan fingerprint density at radius 2 is 2.39 bits per heavy atom. The molecule has 1 aliphatic heterocycles. The van der Waals surface area contributed by atoms with Crippen LogP contribution in [0.5, 0.6) is 0 Å². The van der Waals surface area contributed by atoms with Crippen LogP contribution in [0.25, 0.3) is 0 Å². The number of nitrogens with zero attached hydrogens (tertiary/aromatic N) is 3. The molecule has 1 aromatic rings. The molecule has 0 bridgehead atoms. The maximum atomic E-state index is 10.9. The average molecular weight is 285 g/mol. The molecule has 9 nitrogen and oxygen atoms in total. The first-order valence-electron chi connectivity index (χ1n) is 4.69. The summed E-state index contributed by atoms with van der Waals surface area (Å²) in [6, 6.07) is 0. The first kappa shape index (κ1) is 15.8. The fraction of sp³-hybridized carbons (Fsp3) is 0.571. The van der Waals surface area contributed by atoms with Crippen LogP contribution in [0.15, 0.2) is 6.20 Å². The maximum absolute atomic E-state index is 10.9. The van der Waals surface area contributed by atoms with Gasteiger partial charge in [-0.25, -0.2) is 9.55 Å². The number of hydrogen-bond acceptors (Lipinski definition) is 7. The molecule has 0 saturated carbocycles. The summed E-state index contributed by atoms with van der Waals surface area (Å²) in [6.07, 6.45) is 0.354. The van der Waals surface area contributed by atoms with Gasteiger partial charge in [-0.05, 0) is 4.92 Å². The first-order chi connectivity index (χ1) is 7.89. The number of nitro groups is 1. The Kier molecular flexibility index (Phi) is 5.07. The average Bonchev–Trinajstić information content (AvgIpc) is 2.72. The SMILES string of the molecule is Cc1ncc([N+](=O)[O-])n1CC1COP(=O)([O-])O1.[Na+]. The van der Waals surface area contributed by atoms with E-state index in [1.165, 1.54) is 4.57 Å². The molecule has 2 heterocycles. The van der Waals surface area contributed by atoms with Gasteiger partial charge in [-0.3, -0.25) is 4.57 Å². The summed E-state index contributed by atoms with van der Waals surface area (Å²) in [7, 11) is -4.23. The van der Waals surface area contributed by atoms with Gasteiger partial charge in [0, 0.05) is 6.92 Å². The minimum Gasteiger partial charge on any atom is -0.756 e. The van der Waals surface area contributed by atoms with Crippen LogP contribution in [0.1, 0.15) is 5.82 Å². The van der Waals surface area contributed by atoms with E-state index in [2.05, 4.69) is 14.0 Å². The summed E-state index contributed by atoms with van der Waals surface area (Å²) < 4.78 is 21.2. The van der Waals surface area contributed by atoms with Crippen LogP contribution in [-0.2, 0) is 20.2 Å². The molecule has 1 aromatic heterocycles. The van der Waals surface area contributed by atoms with Crippen LogP contribution in [0, 0.1) is 17.0 Å². The van der Waals surface area contributed by atoms with Crippen LogP contribution in [-0.4, -0.2) is 27.2 Å². The van der Waals surface area contributed by atoms with Crippen molar-refractivity contribution in [1.82, 2.24) is 9.55 Å². The van der Waals surface area contributed by atoms with E-state index in [9.17, 15) is 19.6 Å². The molecule has 2 atom stereocenters. The summed E-state index contributed by atoms with van der Waals surface area (Å²) in [4.78, 5) is 24.8. The summed E-state index contributed by atoms with van der Waals surface area (Å²) in [5.41, 5.74) is 0. The zero-order valence-corrected chi connectivity index (χ0v) is 12.7. The van der Waals surface area contributed by atoms with Gasteiger partial charge in [0.1, 0.15) is 18.8 Å². The van der Waals surface area contributed by atoms with Crippen molar-refractivity contribution < 1.29 is 53.0 Å². The van der Waals surface area contributed by atoms with E-state index in [0.717, 1.165) is 6.20 Å². The normalized spacial score (nSPS) is 26.9. The summed E-state index contributed by atoms with van der Waals surface area (Å²) in [5.74, 6) is 0.201. The maximum Gasteiger partial charge on any atom is 1.00 e. The third-order valence-corrected chi connectivity index (χ3v) is 3.33. The number of phosphoric acid groups is 1. The molecule has 1 saturated heterocycles. The van der Waals surface area contributed by atoms with E-state index in [1.54, 1.807) is 6.92 Å². The largest absolute Gasteiger partial charge is 1.00 e. The minimum atomic E-state index is -4.23. The van der Waals surface area contributed by atoms with E-state index in [1.807, 2.05) is 0 Å². The number of aryl methyl sites for hydroxylation is 1. The molecule has 1 aliphatic rings. The number of phosphoric ester groups is 1. The van der Waals surface area contributed by atoms with Gasteiger partial charge in [0.2, 0.25) is 0 Å². The first-order valence-corrected chi connectivity index (χ1v) is 6.15. The molecule has 0 radical (unpaired) electrons. The Bertz CT molecular complexity index is 505. The van der Waals surface area contributed by atoms with Crippen LogP contribution >= 0.6 is 7.82 Å². The number of rotatable bonds is 3. The smallest absolute Gasteiger partial charge is 0.756 e. The number of aromatic nitrogens is 2. The second kappa shape index (κ2) is 5.79. The zero-order valence-electron chi connectivity index (χ0n) is 9.81. The molecule has 0 amide bonds. The van der Waals surface area contributed by atoms with Gasteiger partial charge < -0.3 is 24.1 Å². The van der Waals surface area contributed by atoms with Crippen LogP contribution < -0.4 is 34.5 Å². The predicted molar refractivity (Wildman–Crippen MR) is 52.0 cm³/mol. The predicted octanol–water partition coefficient (Wildman–Crippen LogP) is -3.01. The molecule has 94 valence electrons. The molecule has 0 N–H and O–H groups in total. The van der Waals surface area contributed by atoms with E-state index >= 15 is 0 Å². The van der Waals surface area contributed by atoms with Gasteiger partial charge in [-0.2, -0.15) is 0 Å². The fourth-order valence-corrected chi connectivity index (χ4v) is 2.44. The zero-order chi connectivity index (χ0) is 12.6. The van der Waals surface area contributed by atoms with Crippen LogP contribution in [0.3, 0.4) is 0 Å². The van der Waals surface area contributed by atoms with Crippen molar-refractivity contribution >= 4 is 13.6 Å². The third-order valence-electron chi connectivity index (χ3n) is 2.30. The fourth-order valence-electron chi connectivity index (χ4n) is 1.54. The Morgan fingerprint density at radius 1 is 1.72 bits per heavy atom. The van der Waals surface area contributed by atoms with Crippen molar-refractivity contribution in [3.8, 4) is 0 Å². The minimum absolute atomic E-state index is 0. The molecule has 0 aliphatic carbocycles. The van der Waals surface area contributed by atoms with Crippen molar-refractivity contribution in [2.75, 3.05) is 6.61 Å². The van der Waals surface area contributed by atoms with Crippen molar-refractivity contribution in [3.63, 3.8) is 0 Å². The Labute approximate surface area is 124 Å². The Morgan fingerprint density at radius 3 is 2.89 bits per heavy atom. The number of hydrogen-bond donors (Lipinski definition) is 0. The van der Waals surface area contributed by atoms with Crippen molar-refractivity contribution in [2.24, 2.45) is 0 Å². The molecule has 18 heavy (non-hydrogen) atoms. The van der Waals surface area contributed by atoms with E-state index in [4.69, 9.17) is 0 Å². The molecular weight excluding hydrogens is 276 g/mol. The van der Waals surface area contributed by atoms with E-state index < -0.39 is 18.8 Å². The van der Waals surface area contributed by atoms with Gasteiger partial charge in [-0.15, -0.1) is 0 Å². The standard InChI is InChI=1S/C7H10N3O6P.Na/c1-5-8-2-7(10(11)12)9(5)3-6-4-15-17(13,14)16-6;/h2,6H,3-4H2,1H3,(H,13,14);/q;+1/p-1. The molecule has 2 unspecified atom stereocenters. The topological polar surface area (TPSA) is 120 Å². The number of imidazole rings is 1. The molecule has 0 spiro atoms. The second-order valence-corrected chi connectivity index (χ2v) is 4.87. The van der Waals surface area contributed by atoms with Gasteiger partial charge >= 0.3 is 35.4 Å². The van der Waals surface area contributed by atoms with Crippen molar-refractivity contribution in [3.05, 3.63) is 22.1 Å². The van der Waals surface area contributed by atoms with E-state index in [0.29, 0.717) is 5.82 Å². The van der Waals surface area contributed by atoms with Crippen molar-refractivity contribution in [2.45, 2.75) is 19.6 Å². The molecule has 2 rings (SSSR count). The Hall–Kier alpha value is -0.280. The van der Waals surface area contributed by atoms with Gasteiger partial charge in [0.05, 0.1) is 6.61 Å². The van der Waals surface area contributed by atoms with Crippen molar-refractivity contribution in [1.29, 1.82) is 0 Å². The van der Waals surface area contributed by atoms with Gasteiger partial charge in [0.25, 0.3) is 7.82 Å². The third kappa shape index (κ3) is 3.39. The summed E-state index contributed by atoms with van der Waals surface area (Å²) in [6.45, 7) is 1.45. The van der Waals surface area contributed by atoms with Gasteiger partial charge in [0.15, 0.2) is 5.82 Å². The molecular formula is C7H9N3NaO6P. The molecule has 1 fully saturated rings. The summed E-state index contributed by atoms with van der Waals surface area (Å²) in [5, 5.41) is 10.7. The Balaban J connectivity index is 0.00000162. The molecule has 0 aromatic carbocycles. The quantitative estimate of drug-likeness (QED) is 0.251.